The molecule has 2 rings (SSSR count). The second-order valence-corrected chi connectivity index (χ2v) is 12.4. The van der Waals surface area contributed by atoms with Gasteiger partial charge in [0.15, 0.2) is 8.32 Å². The standard InChI is InChI=1S/C18H28N2O3Si/c1-18(2,3)24(5,6)23-12-13(11-21)14-9-10-19-15-7-8-16(22-4)20-17(14)15/h7-10,13,21H,11-12H2,1-6H3/t13-/m1/s1. The molecule has 1 atom stereocenters. The fraction of sp³-hybridized carbons (Fsp3) is 0.556. The molecule has 0 aliphatic rings. The maximum atomic E-state index is 9.92. The highest BCUT2D eigenvalue weighted by Gasteiger charge is 2.37. The maximum Gasteiger partial charge on any atom is 0.213 e. The molecule has 0 aliphatic carbocycles. The summed E-state index contributed by atoms with van der Waals surface area (Å²) in [4.78, 5) is 8.87. The molecule has 0 spiro atoms. The average molecular weight is 349 g/mol. The average Bonchev–Trinajstić information content (AvgIpc) is 2.54. The van der Waals surface area contributed by atoms with E-state index in [1.165, 1.54) is 0 Å². The van der Waals surface area contributed by atoms with Gasteiger partial charge in [0.2, 0.25) is 5.88 Å². The molecule has 2 heterocycles. The van der Waals surface area contributed by atoms with E-state index in [0.29, 0.717) is 12.5 Å². The van der Waals surface area contributed by atoms with Gasteiger partial charge < -0.3 is 14.3 Å². The minimum Gasteiger partial charge on any atom is -0.481 e. The molecule has 132 valence electrons. The van der Waals surface area contributed by atoms with Crippen LogP contribution in [0.3, 0.4) is 0 Å². The summed E-state index contributed by atoms with van der Waals surface area (Å²) in [5.41, 5.74) is 2.49. The number of hydrogen-bond acceptors (Lipinski definition) is 5. The SMILES string of the molecule is COc1ccc2nccc([C@H](CO)CO[Si](C)(C)C(C)(C)C)c2n1. The van der Waals surface area contributed by atoms with Gasteiger partial charge in [-0.15, -0.1) is 0 Å². The molecule has 2 aromatic rings. The largest absolute Gasteiger partial charge is 0.481 e. The van der Waals surface area contributed by atoms with Gasteiger partial charge in [-0.2, -0.15) is 0 Å². The van der Waals surface area contributed by atoms with Gasteiger partial charge >= 0.3 is 0 Å². The molecule has 1 N–H and O–H groups in total. The first-order chi connectivity index (χ1) is 11.2. The zero-order valence-corrected chi connectivity index (χ0v) is 16.5. The lowest BCUT2D eigenvalue weighted by molar-refractivity contribution is 0.195. The van der Waals surface area contributed by atoms with E-state index in [-0.39, 0.29) is 17.6 Å². The van der Waals surface area contributed by atoms with Crippen molar-refractivity contribution in [2.45, 2.75) is 44.8 Å². The number of methoxy groups -OCH3 is 1. The molecule has 2 aromatic heterocycles. The second kappa shape index (κ2) is 7.17. The fourth-order valence-electron chi connectivity index (χ4n) is 2.24. The van der Waals surface area contributed by atoms with Crippen molar-refractivity contribution in [3.63, 3.8) is 0 Å². The predicted octanol–water partition coefficient (Wildman–Crippen LogP) is 3.74. The van der Waals surface area contributed by atoms with Crippen LogP contribution in [0.4, 0.5) is 0 Å². The zero-order chi connectivity index (χ0) is 18.0. The Bertz CT molecular complexity index is 698. The van der Waals surface area contributed by atoms with Crippen LogP contribution in [-0.2, 0) is 4.43 Å². The van der Waals surface area contributed by atoms with Crippen molar-refractivity contribution >= 4 is 19.4 Å². The van der Waals surface area contributed by atoms with E-state index in [2.05, 4.69) is 43.8 Å². The third-order valence-electron chi connectivity index (χ3n) is 4.91. The van der Waals surface area contributed by atoms with Crippen LogP contribution < -0.4 is 4.74 Å². The van der Waals surface area contributed by atoms with Gasteiger partial charge in [-0.3, -0.25) is 4.98 Å². The molecule has 24 heavy (non-hydrogen) atoms. The summed E-state index contributed by atoms with van der Waals surface area (Å²) < 4.78 is 11.5. The number of fused-ring (bicyclic) bond motifs is 1. The van der Waals surface area contributed by atoms with Crippen LogP contribution >= 0.6 is 0 Å². The van der Waals surface area contributed by atoms with Gasteiger partial charge in [0.05, 0.1) is 24.8 Å². The molecule has 0 amide bonds. The van der Waals surface area contributed by atoms with Crippen molar-refractivity contribution in [3.05, 3.63) is 30.0 Å². The minimum atomic E-state index is -1.87. The lowest BCUT2D eigenvalue weighted by Gasteiger charge is -2.37. The van der Waals surface area contributed by atoms with Crippen molar-refractivity contribution in [1.29, 1.82) is 0 Å². The highest BCUT2D eigenvalue weighted by Crippen LogP contribution is 2.37. The van der Waals surface area contributed by atoms with Gasteiger partial charge in [0.1, 0.15) is 0 Å². The Labute approximate surface area is 145 Å². The molecular weight excluding hydrogens is 320 g/mol. The Balaban J connectivity index is 2.32. The fourth-order valence-corrected chi connectivity index (χ4v) is 3.29. The van der Waals surface area contributed by atoms with E-state index in [0.717, 1.165) is 16.6 Å². The minimum absolute atomic E-state index is 0.00657. The summed E-state index contributed by atoms with van der Waals surface area (Å²) in [7, 11) is -0.282. The first-order valence-corrected chi connectivity index (χ1v) is 11.1. The number of nitrogens with zero attached hydrogens (tertiary/aromatic N) is 2. The van der Waals surface area contributed by atoms with Gasteiger partial charge in [-0.25, -0.2) is 4.98 Å². The quantitative estimate of drug-likeness (QED) is 0.806. The number of hydrogen-bond donors (Lipinski definition) is 1. The molecule has 0 aliphatic heterocycles. The smallest absolute Gasteiger partial charge is 0.213 e. The summed E-state index contributed by atoms with van der Waals surface area (Å²) in [6.45, 7) is 11.5. The van der Waals surface area contributed by atoms with Crippen LogP contribution in [0.1, 0.15) is 32.3 Å². The normalized spacial score (nSPS) is 14.0. The molecule has 0 fully saturated rings. The van der Waals surface area contributed by atoms with E-state index in [9.17, 15) is 5.11 Å². The van der Waals surface area contributed by atoms with Crippen LogP contribution in [0.5, 0.6) is 5.88 Å². The maximum absolute atomic E-state index is 9.92. The monoisotopic (exact) mass is 348 g/mol. The van der Waals surface area contributed by atoms with Crippen LogP contribution in [0.25, 0.3) is 11.0 Å². The summed E-state index contributed by atoms with van der Waals surface area (Å²) in [5, 5.41) is 10.1. The lowest BCUT2D eigenvalue weighted by Crippen LogP contribution is -2.42. The lowest BCUT2D eigenvalue weighted by atomic mass is 10.0. The first kappa shape index (κ1) is 18.8. The number of ether oxygens (including phenoxy) is 1. The van der Waals surface area contributed by atoms with Crippen molar-refractivity contribution in [3.8, 4) is 5.88 Å². The molecule has 0 aromatic carbocycles. The number of aliphatic hydroxyl groups excluding tert-OH is 1. The second-order valence-electron chi connectivity index (χ2n) is 7.57. The van der Waals surface area contributed by atoms with Crippen molar-refractivity contribution in [2.75, 3.05) is 20.3 Å². The number of rotatable bonds is 6. The molecule has 5 nitrogen and oxygen atoms in total. The van der Waals surface area contributed by atoms with Crippen LogP contribution in [-0.4, -0.2) is 43.7 Å². The van der Waals surface area contributed by atoms with Gasteiger partial charge in [-0.05, 0) is 35.8 Å². The third-order valence-corrected chi connectivity index (χ3v) is 9.41. The van der Waals surface area contributed by atoms with Crippen molar-refractivity contribution in [1.82, 2.24) is 9.97 Å². The third kappa shape index (κ3) is 3.94. The first-order valence-electron chi connectivity index (χ1n) is 8.24. The molecular formula is C18H28N2O3Si. The van der Waals surface area contributed by atoms with E-state index >= 15 is 0 Å². The summed E-state index contributed by atoms with van der Waals surface area (Å²) >= 11 is 0. The predicted molar refractivity (Wildman–Crippen MR) is 99.1 cm³/mol. The Hall–Kier alpha value is -1.50. The molecule has 0 radical (unpaired) electrons. The van der Waals surface area contributed by atoms with E-state index in [4.69, 9.17) is 9.16 Å². The van der Waals surface area contributed by atoms with E-state index < -0.39 is 8.32 Å². The van der Waals surface area contributed by atoms with Gasteiger partial charge in [-0.1, -0.05) is 20.8 Å². The molecule has 0 unspecified atom stereocenters. The highest BCUT2D eigenvalue weighted by atomic mass is 28.4. The summed E-state index contributed by atoms with van der Waals surface area (Å²) in [6.07, 6.45) is 1.75. The summed E-state index contributed by atoms with van der Waals surface area (Å²) in [6, 6.07) is 5.58. The molecule has 0 bridgehead atoms. The number of aliphatic hydroxyl groups is 1. The Morgan fingerprint density at radius 2 is 1.92 bits per heavy atom. The van der Waals surface area contributed by atoms with Crippen molar-refractivity contribution < 1.29 is 14.3 Å². The molecule has 6 heteroatoms. The topological polar surface area (TPSA) is 64.5 Å². The van der Waals surface area contributed by atoms with Crippen LogP contribution in [0.15, 0.2) is 24.4 Å². The van der Waals surface area contributed by atoms with Crippen molar-refractivity contribution in [2.24, 2.45) is 0 Å². The summed E-state index contributed by atoms with van der Waals surface area (Å²) in [5.74, 6) is 0.406. The number of pyridine rings is 2. The van der Waals surface area contributed by atoms with E-state index in [1.54, 1.807) is 19.4 Å². The Morgan fingerprint density at radius 3 is 2.50 bits per heavy atom. The Kier molecular flexibility index (Phi) is 5.62. The van der Waals surface area contributed by atoms with Gasteiger partial charge in [0.25, 0.3) is 0 Å². The number of aromatic nitrogens is 2. The van der Waals surface area contributed by atoms with Gasteiger partial charge in [0, 0.05) is 24.8 Å². The molecule has 0 saturated carbocycles. The van der Waals surface area contributed by atoms with E-state index in [1.807, 2.05) is 12.1 Å². The Morgan fingerprint density at radius 1 is 1.21 bits per heavy atom. The van der Waals surface area contributed by atoms with Crippen LogP contribution in [0.2, 0.25) is 18.1 Å². The van der Waals surface area contributed by atoms with Crippen LogP contribution in [0, 0.1) is 0 Å². The molecule has 0 saturated heterocycles. The zero-order valence-electron chi connectivity index (χ0n) is 15.5. The highest BCUT2D eigenvalue weighted by molar-refractivity contribution is 6.74.